The van der Waals surface area contributed by atoms with Gasteiger partial charge in [-0.15, -0.1) is 0 Å². The predicted molar refractivity (Wildman–Crippen MR) is 83.0 cm³/mol. The van der Waals surface area contributed by atoms with Crippen LogP contribution in [0.2, 0.25) is 10.0 Å². The van der Waals surface area contributed by atoms with Crippen molar-refractivity contribution in [3.8, 4) is 0 Å². The molecule has 0 amide bonds. The number of nitrogens with one attached hydrogen (secondary N) is 2. The van der Waals surface area contributed by atoms with Gasteiger partial charge in [-0.3, -0.25) is 0 Å². The SMILES string of the molecule is Nc1cc(Cl)c(S(=O)(=O)NCCCc2ncc[nH]2)c(Cl)c1. The van der Waals surface area contributed by atoms with Crippen LogP contribution in [0, 0.1) is 0 Å². The van der Waals surface area contributed by atoms with Gasteiger partial charge in [-0.05, 0) is 18.6 Å². The zero-order chi connectivity index (χ0) is 15.5. The highest BCUT2D eigenvalue weighted by molar-refractivity contribution is 7.89. The lowest BCUT2D eigenvalue weighted by Gasteiger charge is -2.10. The fourth-order valence-corrected chi connectivity index (χ4v) is 4.11. The normalized spacial score (nSPS) is 11.7. The highest BCUT2D eigenvalue weighted by atomic mass is 35.5. The minimum absolute atomic E-state index is 0.00136. The first-order chi connectivity index (χ1) is 9.90. The van der Waals surface area contributed by atoms with Gasteiger partial charge in [0.1, 0.15) is 10.7 Å². The van der Waals surface area contributed by atoms with Gasteiger partial charge in [0.25, 0.3) is 0 Å². The Kier molecular flexibility index (Phi) is 5.10. The zero-order valence-electron chi connectivity index (χ0n) is 10.9. The predicted octanol–water partition coefficient (Wildman–Crippen LogP) is 2.21. The van der Waals surface area contributed by atoms with Crippen molar-refractivity contribution in [1.82, 2.24) is 14.7 Å². The fourth-order valence-electron chi connectivity index (χ4n) is 1.81. The summed E-state index contributed by atoms with van der Waals surface area (Å²) in [5, 5.41) is -0.00271. The maximum absolute atomic E-state index is 12.2. The Morgan fingerprint density at radius 1 is 1.29 bits per heavy atom. The molecule has 0 spiro atoms. The molecule has 0 bridgehead atoms. The summed E-state index contributed by atoms with van der Waals surface area (Å²) in [5.74, 6) is 0.803. The Bertz CT molecular complexity index is 694. The van der Waals surface area contributed by atoms with Gasteiger partial charge in [-0.25, -0.2) is 18.1 Å². The summed E-state index contributed by atoms with van der Waals surface area (Å²) in [4.78, 5) is 6.85. The van der Waals surface area contributed by atoms with Crippen LogP contribution in [0.5, 0.6) is 0 Å². The molecule has 4 N–H and O–H groups in total. The molecule has 2 rings (SSSR count). The molecular formula is C12H14Cl2N4O2S. The molecule has 9 heteroatoms. The van der Waals surface area contributed by atoms with Crippen molar-refractivity contribution in [1.29, 1.82) is 0 Å². The number of H-pyrrole nitrogens is 1. The molecule has 0 saturated heterocycles. The summed E-state index contributed by atoms with van der Waals surface area (Å²) in [6, 6.07) is 2.70. The zero-order valence-corrected chi connectivity index (χ0v) is 13.3. The Labute approximate surface area is 132 Å². The number of benzene rings is 1. The number of halogens is 2. The first-order valence-electron chi connectivity index (χ1n) is 6.12. The van der Waals surface area contributed by atoms with Gasteiger partial charge in [-0.2, -0.15) is 0 Å². The van der Waals surface area contributed by atoms with Gasteiger partial charge < -0.3 is 10.7 Å². The standard InChI is InChI=1S/C12H14Cl2N4O2S/c13-9-6-8(15)7-10(14)12(9)21(19,20)18-3-1-2-11-16-4-5-17-11/h4-7,18H,1-3,15H2,(H,16,17). The molecule has 0 atom stereocenters. The van der Waals surface area contributed by atoms with Gasteiger partial charge in [0, 0.05) is 31.0 Å². The Morgan fingerprint density at radius 2 is 1.95 bits per heavy atom. The lowest BCUT2D eigenvalue weighted by molar-refractivity contribution is 0.578. The maximum Gasteiger partial charge on any atom is 0.243 e. The van der Waals surface area contributed by atoms with Crippen LogP contribution in [0.4, 0.5) is 5.69 Å². The molecule has 0 aliphatic carbocycles. The van der Waals surface area contributed by atoms with Crippen LogP contribution in [0.3, 0.4) is 0 Å². The number of imidazole rings is 1. The van der Waals surface area contributed by atoms with Crippen LogP contribution in [0.1, 0.15) is 12.2 Å². The third-order valence-electron chi connectivity index (χ3n) is 2.73. The van der Waals surface area contributed by atoms with Gasteiger partial charge in [0.15, 0.2) is 0 Å². The van der Waals surface area contributed by atoms with E-state index in [1.54, 1.807) is 12.4 Å². The van der Waals surface area contributed by atoms with E-state index in [1.165, 1.54) is 12.1 Å². The summed E-state index contributed by atoms with van der Waals surface area (Å²) >= 11 is 11.8. The topological polar surface area (TPSA) is 101 Å². The van der Waals surface area contributed by atoms with E-state index in [1.807, 2.05) is 0 Å². The van der Waals surface area contributed by atoms with Crippen molar-refractivity contribution < 1.29 is 8.42 Å². The Morgan fingerprint density at radius 3 is 2.52 bits per heavy atom. The van der Waals surface area contributed by atoms with E-state index in [0.717, 1.165) is 5.82 Å². The quantitative estimate of drug-likeness (QED) is 0.550. The van der Waals surface area contributed by atoms with Gasteiger partial charge in [-0.1, -0.05) is 23.2 Å². The first kappa shape index (κ1) is 16.1. The number of nitrogen functional groups attached to an aromatic ring is 1. The van der Waals surface area contributed by atoms with Crippen molar-refractivity contribution in [2.24, 2.45) is 0 Å². The second-order valence-corrected chi connectivity index (χ2v) is 6.87. The van der Waals surface area contributed by atoms with Crippen LogP contribution in [0.15, 0.2) is 29.4 Å². The molecule has 0 saturated carbocycles. The molecule has 6 nitrogen and oxygen atoms in total. The van der Waals surface area contributed by atoms with E-state index in [4.69, 9.17) is 28.9 Å². The monoisotopic (exact) mass is 348 g/mol. The van der Waals surface area contributed by atoms with Crippen LogP contribution in [-0.2, 0) is 16.4 Å². The van der Waals surface area contributed by atoms with Crippen LogP contribution < -0.4 is 10.5 Å². The van der Waals surface area contributed by atoms with Crippen molar-refractivity contribution >= 4 is 38.9 Å². The molecule has 0 radical (unpaired) electrons. The number of nitrogens with two attached hydrogens (primary N) is 1. The number of aromatic nitrogens is 2. The van der Waals surface area contributed by atoms with E-state index in [-0.39, 0.29) is 21.5 Å². The fraction of sp³-hybridized carbons (Fsp3) is 0.250. The number of rotatable bonds is 6. The smallest absolute Gasteiger partial charge is 0.243 e. The molecule has 114 valence electrons. The number of sulfonamides is 1. The average Bonchev–Trinajstić information content (AvgIpc) is 2.86. The van der Waals surface area contributed by atoms with E-state index in [0.29, 0.717) is 18.5 Å². The molecule has 1 aromatic heterocycles. The molecule has 0 aliphatic heterocycles. The van der Waals surface area contributed by atoms with Crippen LogP contribution in [-0.4, -0.2) is 24.9 Å². The maximum atomic E-state index is 12.2. The lowest BCUT2D eigenvalue weighted by Crippen LogP contribution is -2.26. The number of aromatic amines is 1. The molecule has 21 heavy (non-hydrogen) atoms. The second-order valence-electron chi connectivity index (χ2n) is 4.35. The van der Waals surface area contributed by atoms with Gasteiger partial charge in [0.05, 0.1) is 10.0 Å². The van der Waals surface area contributed by atoms with Crippen molar-refractivity contribution in [2.75, 3.05) is 12.3 Å². The number of hydrogen-bond acceptors (Lipinski definition) is 4. The van der Waals surface area contributed by atoms with E-state index < -0.39 is 10.0 Å². The molecule has 0 unspecified atom stereocenters. The molecule has 0 fully saturated rings. The number of anilines is 1. The second kappa shape index (κ2) is 6.65. The Balaban J connectivity index is 2.02. The third kappa shape index (κ3) is 4.10. The Hall–Kier alpha value is -1.28. The molecule has 1 heterocycles. The largest absolute Gasteiger partial charge is 0.399 e. The minimum atomic E-state index is -3.78. The lowest BCUT2D eigenvalue weighted by atomic mass is 10.3. The van der Waals surface area contributed by atoms with Gasteiger partial charge >= 0.3 is 0 Å². The van der Waals surface area contributed by atoms with Crippen molar-refractivity contribution in [2.45, 2.75) is 17.7 Å². The number of nitrogens with zero attached hydrogens (tertiary/aromatic N) is 1. The number of hydrogen-bond donors (Lipinski definition) is 3. The van der Waals surface area contributed by atoms with E-state index >= 15 is 0 Å². The van der Waals surface area contributed by atoms with Gasteiger partial charge in [0.2, 0.25) is 10.0 Å². The first-order valence-corrected chi connectivity index (χ1v) is 8.36. The number of aryl methyl sites for hydroxylation is 1. The molecular weight excluding hydrogens is 335 g/mol. The summed E-state index contributed by atoms with van der Waals surface area (Å²) in [5.41, 5.74) is 5.86. The minimum Gasteiger partial charge on any atom is -0.399 e. The highest BCUT2D eigenvalue weighted by Gasteiger charge is 2.21. The summed E-state index contributed by atoms with van der Waals surface area (Å²) < 4.78 is 26.9. The van der Waals surface area contributed by atoms with Crippen LogP contribution >= 0.6 is 23.2 Å². The third-order valence-corrected chi connectivity index (χ3v) is 5.11. The van der Waals surface area contributed by atoms with Crippen LogP contribution in [0.25, 0.3) is 0 Å². The van der Waals surface area contributed by atoms with E-state index in [2.05, 4.69) is 14.7 Å². The van der Waals surface area contributed by atoms with E-state index in [9.17, 15) is 8.42 Å². The average molecular weight is 349 g/mol. The molecule has 2 aromatic rings. The summed E-state index contributed by atoms with van der Waals surface area (Å²) in [7, 11) is -3.78. The molecule has 1 aromatic carbocycles. The highest BCUT2D eigenvalue weighted by Crippen LogP contribution is 2.31. The van der Waals surface area contributed by atoms with Crippen molar-refractivity contribution in [3.05, 3.63) is 40.4 Å². The summed E-state index contributed by atoms with van der Waals surface area (Å²) in [6.45, 7) is 0.250. The van der Waals surface area contributed by atoms with Crippen molar-refractivity contribution in [3.63, 3.8) is 0 Å². The summed E-state index contributed by atoms with van der Waals surface area (Å²) in [6.07, 6.45) is 4.59. The molecule has 0 aliphatic rings.